The lowest BCUT2D eigenvalue weighted by molar-refractivity contribution is -0.136. The molecule has 3 amide bonds. The number of piperidine rings is 2. The van der Waals surface area contributed by atoms with Gasteiger partial charge in [0, 0.05) is 37.0 Å². The van der Waals surface area contributed by atoms with Crippen LogP contribution in [-0.4, -0.2) is 51.6 Å². The van der Waals surface area contributed by atoms with Crippen molar-refractivity contribution in [1.29, 1.82) is 0 Å². The van der Waals surface area contributed by atoms with E-state index in [1.807, 2.05) is 24.3 Å². The SMILES string of the molecule is O=C1CCC(N2Cc3cc(C4CCN(Cc5ccc(Nc6ccccn6)cc5)CC4)ccc3C2=O)C(=O)N1. The van der Waals surface area contributed by atoms with Gasteiger partial charge >= 0.3 is 0 Å². The Morgan fingerprint density at radius 1 is 0.947 bits per heavy atom. The number of carbonyl (C=O) groups excluding carboxylic acids is 3. The van der Waals surface area contributed by atoms with Crippen LogP contribution in [0.2, 0.25) is 0 Å². The number of fused-ring (bicyclic) bond motifs is 1. The maximum Gasteiger partial charge on any atom is 0.255 e. The molecule has 3 aliphatic rings. The van der Waals surface area contributed by atoms with E-state index in [9.17, 15) is 14.4 Å². The van der Waals surface area contributed by atoms with Crippen LogP contribution >= 0.6 is 0 Å². The number of hydrogen-bond donors (Lipinski definition) is 2. The summed E-state index contributed by atoms with van der Waals surface area (Å²) in [5.41, 5.74) is 5.25. The van der Waals surface area contributed by atoms with Gasteiger partial charge in [-0.05, 0) is 85.3 Å². The number of anilines is 2. The Bertz CT molecular complexity index is 1350. The van der Waals surface area contributed by atoms with Crippen LogP contribution in [0.3, 0.4) is 0 Å². The monoisotopic (exact) mass is 509 g/mol. The Morgan fingerprint density at radius 3 is 2.50 bits per heavy atom. The van der Waals surface area contributed by atoms with E-state index < -0.39 is 6.04 Å². The molecule has 8 nitrogen and oxygen atoms in total. The van der Waals surface area contributed by atoms with Crippen LogP contribution in [0.25, 0.3) is 0 Å². The molecule has 1 unspecified atom stereocenters. The van der Waals surface area contributed by atoms with Gasteiger partial charge in [-0.2, -0.15) is 0 Å². The zero-order chi connectivity index (χ0) is 26.1. The highest BCUT2D eigenvalue weighted by Crippen LogP contribution is 2.34. The third-order valence-electron chi connectivity index (χ3n) is 7.90. The molecule has 0 saturated carbocycles. The molecular formula is C30H31N5O3. The predicted octanol–water partition coefficient (Wildman–Crippen LogP) is 3.97. The Kier molecular flexibility index (Phi) is 6.64. The second-order valence-corrected chi connectivity index (χ2v) is 10.4. The van der Waals surface area contributed by atoms with Crippen molar-refractivity contribution in [2.45, 2.75) is 50.7 Å². The summed E-state index contributed by atoms with van der Waals surface area (Å²) in [4.78, 5) is 45.2. The number of rotatable bonds is 6. The van der Waals surface area contributed by atoms with Gasteiger partial charge in [-0.15, -0.1) is 0 Å². The van der Waals surface area contributed by atoms with Gasteiger partial charge in [0.25, 0.3) is 5.91 Å². The van der Waals surface area contributed by atoms with Crippen LogP contribution < -0.4 is 10.6 Å². The zero-order valence-electron chi connectivity index (χ0n) is 21.2. The zero-order valence-corrected chi connectivity index (χ0v) is 21.2. The van der Waals surface area contributed by atoms with Gasteiger partial charge in [-0.25, -0.2) is 4.98 Å². The van der Waals surface area contributed by atoms with E-state index in [0.29, 0.717) is 24.4 Å². The molecule has 0 spiro atoms. The van der Waals surface area contributed by atoms with Gasteiger partial charge < -0.3 is 10.2 Å². The Labute approximate surface area is 222 Å². The quantitative estimate of drug-likeness (QED) is 0.489. The van der Waals surface area contributed by atoms with Crippen molar-refractivity contribution < 1.29 is 14.4 Å². The summed E-state index contributed by atoms with van der Waals surface area (Å²) in [5, 5.41) is 5.69. The average molecular weight is 510 g/mol. The minimum absolute atomic E-state index is 0.114. The number of nitrogens with zero attached hydrogens (tertiary/aromatic N) is 3. The molecule has 1 atom stereocenters. The summed E-state index contributed by atoms with van der Waals surface area (Å²) in [6, 6.07) is 19.9. The van der Waals surface area contributed by atoms with Gasteiger partial charge in [-0.3, -0.25) is 24.6 Å². The molecule has 3 aromatic rings. The maximum atomic E-state index is 13.0. The molecule has 3 aliphatic heterocycles. The lowest BCUT2D eigenvalue weighted by Crippen LogP contribution is -2.52. The molecular weight excluding hydrogens is 478 g/mol. The van der Waals surface area contributed by atoms with E-state index in [4.69, 9.17) is 0 Å². The number of amides is 3. The fraction of sp³-hybridized carbons (Fsp3) is 0.333. The summed E-state index contributed by atoms with van der Waals surface area (Å²) in [6.45, 7) is 3.41. The number of pyridine rings is 1. The first-order valence-electron chi connectivity index (χ1n) is 13.3. The topological polar surface area (TPSA) is 94.6 Å². The molecule has 4 heterocycles. The summed E-state index contributed by atoms with van der Waals surface area (Å²) in [7, 11) is 0. The molecule has 0 radical (unpaired) electrons. The first-order chi connectivity index (χ1) is 18.5. The van der Waals surface area contributed by atoms with E-state index in [-0.39, 0.29) is 24.1 Å². The maximum absolute atomic E-state index is 13.0. The van der Waals surface area contributed by atoms with Crippen LogP contribution in [0.4, 0.5) is 11.5 Å². The molecule has 2 saturated heterocycles. The van der Waals surface area contributed by atoms with Gasteiger partial charge in [0.2, 0.25) is 11.8 Å². The fourth-order valence-electron chi connectivity index (χ4n) is 5.81. The van der Waals surface area contributed by atoms with Gasteiger partial charge in [0.15, 0.2) is 0 Å². The number of benzene rings is 2. The van der Waals surface area contributed by atoms with Crippen molar-refractivity contribution in [1.82, 2.24) is 20.1 Å². The van der Waals surface area contributed by atoms with Crippen molar-refractivity contribution in [3.8, 4) is 0 Å². The molecule has 0 bridgehead atoms. The van der Waals surface area contributed by atoms with Crippen LogP contribution in [0.1, 0.15) is 58.6 Å². The van der Waals surface area contributed by atoms with E-state index in [0.717, 1.165) is 49.5 Å². The molecule has 6 rings (SSSR count). The summed E-state index contributed by atoms with van der Waals surface area (Å²) in [6.07, 6.45) is 4.58. The molecule has 194 valence electrons. The van der Waals surface area contributed by atoms with Crippen molar-refractivity contribution in [2.24, 2.45) is 0 Å². The first kappa shape index (κ1) is 24.3. The lowest BCUT2D eigenvalue weighted by atomic mass is 9.87. The lowest BCUT2D eigenvalue weighted by Gasteiger charge is -2.32. The predicted molar refractivity (Wildman–Crippen MR) is 144 cm³/mol. The molecule has 1 aromatic heterocycles. The molecule has 0 aliphatic carbocycles. The van der Waals surface area contributed by atoms with Gasteiger partial charge in [0.05, 0.1) is 0 Å². The number of aromatic nitrogens is 1. The highest BCUT2D eigenvalue weighted by Gasteiger charge is 2.39. The minimum Gasteiger partial charge on any atom is -0.340 e. The first-order valence-corrected chi connectivity index (χ1v) is 13.3. The smallest absolute Gasteiger partial charge is 0.255 e. The number of hydrogen-bond acceptors (Lipinski definition) is 6. The summed E-state index contributed by atoms with van der Waals surface area (Å²) < 4.78 is 0. The highest BCUT2D eigenvalue weighted by atomic mass is 16.2. The number of likely N-dealkylation sites (tertiary alicyclic amines) is 1. The van der Waals surface area contributed by atoms with Crippen molar-refractivity contribution in [3.05, 3.63) is 89.1 Å². The fourth-order valence-corrected chi connectivity index (χ4v) is 5.81. The largest absolute Gasteiger partial charge is 0.340 e. The van der Waals surface area contributed by atoms with Crippen LogP contribution in [-0.2, 0) is 22.7 Å². The normalized spacial score (nSPS) is 20.4. The average Bonchev–Trinajstić information content (AvgIpc) is 3.26. The molecule has 2 aromatic carbocycles. The van der Waals surface area contributed by atoms with Gasteiger partial charge in [0.1, 0.15) is 11.9 Å². The second kappa shape index (κ2) is 10.4. The van der Waals surface area contributed by atoms with E-state index in [1.165, 1.54) is 11.1 Å². The Morgan fingerprint density at radius 2 is 1.76 bits per heavy atom. The minimum atomic E-state index is -0.570. The third kappa shape index (κ3) is 5.04. The summed E-state index contributed by atoms with van der Waals surface area (Å²) in [5.74, 6) is 0.549. The third-order valence-corrected chi connectivity index (χ3v) is 7.90. The van der Waals surface area contributed by atoms with E-state index >= 15 is 0 Å². The van der Waals surface area contributed by atoms with Crippen LogP contribution in [0.15, 0.2) is 66.9 Å². The molecule has 2 N–H and O–H groups in total. The number of nitrogens with one attached hydrogen (secondary N) is 2. The van der Waals surface area contributed by atoms with Crippen molar-refractivity contribution in [3.63, 3.8) is 0 Å². The summed E-state index contributed by atoms with van der Waals surface area (Å²) >= 11 is 0. The van der Waals surface area contributed by atoms with E-state index in [1.54, 1.807) is 11.1 Å². The molecule has 8 heteroatoms. The standard InChI is InChI=1S/C30H31N5O3/c36-28-11-10-26(29(37)33-28)35-19-23-17-22(6-9-25(23)30(35)38)21-12-15-34(16-13-21)18-20-4-7-24(8-5-20)32-27-3-1-2-14-31-27/h1-9,14,17,21,26H,10-13,15-16,18-19H2,(H,31,32)(H,33,36,37). The van der Waals surface area contributed by atoms with E-state index in [2.05, 4.69) is 56.9 Å². The second-order valence-electron chi connectivity index (χ2n) is 10.4. The van der Waals surface area contributed by atoms with Crippen LogP contribution in [0.5, 0.6) is 0 Å². The highest BCUT2D eigenvalue weighted by molar-refractivity contribution is 6.05. The van der Waals surface area contributed by atoms with Crippen LogP contribution in [0, 0.1) is 0 Å². The number of carbonyl (C=O) groups is 3. The molecule has 2 fully saturated rings. The Balaban J connectivity index is 1.03. The number of imide groups is 1. The van der Waals surface area contributed by atoms with Crippen molar-refractivity contribution >= 4 is 29.2 Å². The van der Waals surface area contributed by atoms with Gasteiger partial charge in [-0.1, -0.05) is 30.3 Å². The van der Waals surface area contributed by atoms with Crippen molar-refractivity contribution in [2.75, 3.05) is 18.4 Å². The molecule has 38 heavy (non-hydrogen) atoms. The Hall–Kier alpha value is -4.04.